The number of carbonyl (C=O) groups excluding carboxylic acids is 2. The van der Waals surface area contributed by atoms with Gasteiger partial charge in [0.15, 0.2) is 0 Å². The summed E-state index contributed by atoms with van der Waals surface area (Å²) in [7, 11) is 0. The number of hydrogen-bond acceptors (Lipinski definition) is 6. The lowest BCUT2D eigenvalue weighted by atomic mass is 9.86. The zero-order valence-corrected chi connectivity index (χ0v) is 18.1. The van der Waals surface area contributed by atoms with Crippen LogP contribution in [0.3, 0.4) is 0 Å². The molecule has 2 aromatic heterocycles. The Morgan fingerprint density at radius 2 is 2.13 bits per heavy atom. The topological polar surface area (TPSA) is 90.3 Å². The maximum atomic E-state index is 13.8. The van der Waals surface area contributed by atoms with Gasteiger partial charge in [0.25, 0.3) is 5.56 Å². The second kappa shape index (κ2) is 8.58. The third kappa shape index (κ3) is 3.97. The number of esters is 1. The lowest BCUT2D eigenvalue weighted by Gasteiger charge is -2.21. The molecule has 7 nitrogen and oxygen atoms in total. The first-order valence-corrected chi connectivity index (χ1v) is 11.0. The predicted octanol–water partition coefficient (Wildman–Crippen LogP) is 3.53. The van der Waals surface area contributed by atoms with Gasteiger partial charge in [-0.15, -0.1) is 11.3 Å². The number of hydrogen-bond donors (Lipinski definition) is 1. The van der Waals surface area contributed by atoms with Crippen LogP contribution in [-0.4, -0.2) is 28.0 Å². The van der Waals surface area contributed by atoms with Crippen molar-refractivity contribution in [1.82, 2.24) is 9.55 Å². The normalized spacial score (nSPS) is 15.5. The number of amides is 1. The first kappa shape index (κ1) is 21.2. The summed E-state index contributed by atoms with van der Waals surface area (Å²) < 4.78 is 20.3. The Labute approximate surface area is 181 Å². The van der Waals surface area contributed by atoms with E-state index in [1.165, 1.54) is 34.1 Å². The molecule has 0 saturated carbocycles. The van der Waals surface area contributed by atoms with Crippen molar-refractivity contribution in [2.45, 2.75) is 45.6 Å². The van der Waals surface area contributed by atoms with E-state index in [4.69, 9.17) is 4.74 Å². The minimum atomic E-state index is -0.558. The molecule has 1 aromatic carbocycles. The van der Waals surface area contributed by atoms with Crippen molar-refractivity contribution in [2.75, 3.05) is 11.9 Å². The summed E-state index contributed by atoms with van der Waals surface area (Å²) >= 11 is 1.42. The molecule has 1 amide bonds. The van der Waals surface area contributed by atoms with Crippen LogP contribution in [0, 0.1) is 12.7 Å². The van der Waals surface area contributed by atoms with E-state index in [-0.39, 0.29) is 30.4 Å². The second-order valence-corrected chi connectivity index (χ2v) is 8.48. The number of aromatic nitrogens is 2. The van der Waals surface area contributed by atoms with Crippen LogP contribution in [0.5, 0.6) is 0 Å². The molecular formula is C22H22FN3O4S. The summed E-state index contributed by atoms with van der Waals surface area (Å²) in [4.78, 5) is 44.5. The molecule has 1 atom stereocenters. The number of halogens is 1. The van der Waals surface area contributed by atoms with E-state index in [1.807, 2.05) is 0 Å². The highest BCUT2D eigenvalue weighted by Gasteiger charge is 2.33. The molecule has 0 saturated heterocycles. The van der Waals surface area contributed by atoms with Crippen molar-refractivity contribution >= 4 is 39.1 Å². The van der Waals surface area contributed by atoms with Crippen LogP contribution in [0.25, 0.3) is 10.2 Å². The third-order valence-electron chi connectivity index (χ3n) is 5.38. The molecule has 0 fully saturated rings. The summed E-state index contributed by atoms with van der Waals surface area (Å²) in [6, 6.07) is 5.82. The number of ether oxygens (including phenoxy) is 1. The van der Waals surface area contributed by atoms with Crippen LogP contribution in [0.4, 0.5) is 10.1 Å². The Morgan fingerprint density at radius 3 is 2.87 bits per heavy atom. The van der Waals surface area contributed by atoms with Gasteiger partial charge < -0.3 is 10.1 Å². The van der Waals surface area contributed by atoms with Gasteiger partial charge in [0.2, 0.25) is 5.91 Å². The van der Waals surface area contributed by atoms with Gasteiger partial charge in [0, 0.05) is 4.88 Å². The van der Waals surface area contributed by atoms with Crippen LogP contribution >= 0.6 is 11.3 Å². The maximum Gasteiger partial charge on any atom is 0.313 e. The van der Waals surface area contributed by atoms with Gasteiger partial charge in [-0.25, -0.2) is 9.37 Å². The number of aryl methyl sites for hydroxylation is 2. The SMILES string of the molecule is CCOC(=O)C1CCCc2sc3nc(C)n(CC(=O)Nc4ccccc4F)c(=O)c3c21. The number of nitrogens with one attached hydrogen (secondary N) is 1. The first-order valence-electron chi connectivity index (χ1n) is 10.1. The Morgan fingerprint density at radius 1 is 1.35 bits per heavy atom. The quantitative estimate of drug-likeness (QED) is 0.610. The van der Waals surface area contributed by atoms with E-state index in [0.717, 1.165) is 17.7 Å². The highest BCUT2D eigenvalue weighted by molar-refractivity contribution is 7.18. The molecule has 162 valence electrons. The average molecular weight is 444 g/mol. The first-order chi connectivity index (χ1) is 14.9. The molecule has 2 heterocycles. The van der Waals surface area contributed by atoms with Gasteiger partial charge in [0.1, 0.15) is 23.0 Å². The molecule has 0 aliphatic heterocycles. The fraction of sp³-hybridized carbons (Fsp3) is 0.364. The van der Waals surface area contributed by atoms with E-state index in [0.29, 0.717) is 28.0 Å². The summed E-state index contributed by atoms with van der Waals surface area (Å²) in [5.41, 5.74) is 0.355. The van der Waals surface area contributed by atoms with Gasteiger partial charge in [-0.2, -0.15) is 0 Å². The van der Waals surface area contributed by atoms with E-state index < -0.39 is 17.6 Å². The van der Waals surface area contributed by atoms with Crippen LogP contribution in [0.1, 0.15) is 41.9 Å². The molecule has 0 radical (unpaired) electrons. The maximum absolute atomic E-state index is 13.8. The predicted molar refractivity (Wildman–Crippen MR) is 116 cm³/mol. The number of para-hydroxylation sites is 1. The molecule has 1 N–H and O–H groups in total. The summed E-state index contributed by atoms with van der Waals surface area (Å²) in [5, 5.41) is 2.87. The number of fused-ring (bicyclic) bond motifs is 3. The smallest absolute Gasteiger partial charge is 0.313 e. The van der Waals surface area contributed by atoms with Crippen LogP contribution < -0.4 is 10.9 Å². The number of rotatable bonds is 5. The third-order valence-corrected chi connectivity index (χ3v) is 6.54. The molecule has 1 aliphatic carbocycles. The Hall–Kier alpha value is -3.07. The van der Waals surface area contributed by atoms with Crippen LogP contribution in [-0.2, 0) is 27.3 Å². The van der Waals surface area contributed by atoms with Crippen LogP contribution in [0.2, 0.25) is 0 Å². The van der Waals surface area contributed by atoms with Gasteiger partial charge in [-0.1, -0.05) is 12.1 Å². The van der Waals surface area contributed by atoms with Crippen molar-refractivity contribution < 1.29 is 18.7 Å². The Balaban J connectivity index is 1.73. The highest BCUT2D eigenvalue weighted by atomic mass is 32.1. The van der Waals surface area contributed by atoms with E-state index >= 15 is 0 Å². The average Bonchev–Trinajstić information content (AvgIpc) is 3.11. The van der Waals surface area contributed by atoms with E-state index in [2.05, 4.69) is 10.3 Å². The van der Waals surface area contributed by atoms with Crippen molar-refractivity contribution in [2.24, 2.45) is 0 Å². The number of carbonyl (C=O) groups is 2. The lowest BCUT2D eigenvalue weighted by Crippen LogP contribution is -2.31. The van der Waals surface area contributed by atoms with Crippen molar-refractivity contribution in [3.63, 3.8) is 0 Å². The molecule has 1 unspecified atom stereocenters. The number of benzene rings is 1. The highest BCUT2D eigenvalue weighted by Crippen LogP contribution is 2.41. The monoisotopic (exact) mass is 443 g/mol. The second-order valence-electron chi connectivity index (χ2n) is 7.39. The zero-order valence-electron chi connectivity index (χ0n) is 17.2. The number of anilines is 1. The summed E-state index contributed by atoms with van der Waals surface area (Å²) in [6.07, 6.45) is 2.22. The van der Waals surface area contributed by atoms with Gasteiger partial charge >= 0.3 is 5.97 Å². The Kier molecular flexibility index (Phi) is 5.86. The fourth-order valence-corrected chi connectivity index (χ4v) is 5.29. The fourth-order valence-electron chi connectivity index (χ4n) is 3.98. The van der Waals surface area contributed by atoms with Crippen molar-refractivity contribution in [1.29, 1.82) is 0 Å². The molecule has 4 rings (SSSR count). The van der Waals surface area contributed by atoms with Gasteiger partial charge in [-0.05, 0) is 50.8 Å². The summed E-state index contributed by atoms with van der Waals surface area (Å²) in [6.45, 7) is 3.36. The molecular weight excluding hydrogens is 421 g/mol. The number of nitrogens with zero attached hydrogens (tertiary/aromatic N) is 2. The molecule has 0 bridgehead atoms. The van der Waals surface area contributed by atoms with Crippen LogP contribution in [0.15, 0.2) is 29.1 Å². The molecule has 31 heavy (non-hydrogen) atoms. The minimum Gasteiger partial charge on any atom is -0.466 e. The molecule has 3 aromatic rings. The van der Waals surface area contributed by atoms with E-state index in [1.54, 1.807) is 19.9 Å². The van der Waals surface area contributed by atoms with Gasteiger partial charge in [-0.3, -0.25) is 19.0 Å². The Bertz CT molecular complexity index is 1230. The van der Waals surface area contributed by atoms with Crippen molar-refractivity contribution in [3.8, 4) is 0 Å². The zero-order chi connectivity index (χ0) is 22.1. The molecule has 9 heteroatoms. The lowest BCUT2D eigenvalue weighted by molar-refractivity contribution is -0.145. The van der Waals surface area contributed by atoms with Gasteiger partial charge in [0.05, 0.1) is 23.6 Å². The van der Waals surface area contributed by atoms with E-state index in [9.17, 15) is 18.8 Å². The standard InChI is InChI=1S/C22H22FN3O4S/c1-3-30-22(29)13-7-6-10-16-18(13)19-20(31-16)24-12(2)26(21(19)28)11-17(27)25-15-9-5-4-8-14(15)23/h4-5,8-9,13H,3,6-7,10-11H2,1-2H3,(H,25,27). The molecule has 0 spiro atoms. The molecule has 1 aliphatic rings. The summed E-state index contributed by atoms with van der Waals surface area (Å²) in [5.74, 6) is -1.56. The number of thiophene rings is 1. The minimum absolute atomic E-state index is 0.0440. The van der Waals surface area contributed by atoms with Crippen molar-refractivity contribution in [3.05, 3.63) is 56.7 Å². The largest absolute Gasteiger partial charge is 0.466 e.